The molecular formula is C26H15NO. The summed E-state index contributed by atoms with van der Waals surface area (Å²) in [5, 5.41) is 7.39. The van der Waals surface area contributed by atoms with Gasteiger partial charge in [0.1, 0.15) is 11.2 Å². The summed E-state index contributed by atoms with van der Waals surface area (Å²) in [6.45, 7) is 0. The van der Waals surface area contributed by atoms with Crippen LogP contribution in [0.15, 0.2) is 95.4 Å². The van der Waals surface area contributed by atoms with E-state index in [9.17, 15) is 0 Å². The van der Waals surface area contributed by atoms with Crippen molar-refractivity contribution in [2.24, 2.45) is 0 Å². The second kappa shape index (κ2) is 4.93. The summed E-state index contributed by atoms with van der Waals surface area (Å²) in [6, 6.07) is 32.2. The average molecular weight is 357 g/mol. The number of fused-ring (bicyclic) bond motifs is 4. The summed E-state index contributed by atoms with van der Waals surface area (Å²) in [4.78, 5) is 0. The van der Waals surface area contributed by atoms with Crippen LogP contribution in [-0.2, 0) is 0 Å². The maximum atomic E-state index is 6.28. The Labute approximate surface area is 160 Å². The van der Waals surface area contributed by atoms with Gasteiger partial charge in [0.05, 0.1) is 11.0 Å². The van der Waals surface area contributed by atoms with E-state index in [2.05, 4.69) is 95.6 Å². The zero-order valence-corrected chi connectivity index (χ0v) is 15.0. The predicted octanol–water partition coefficient (Wildman–Crippen LogP) is 7.27. The smallest absolute Gasteiger partial charge is 0.136 e. The molecule has 0 saturated heterocycles. The van der Waals surface area contributed by atoms with Crippen LogP contribution in [0.2, 0.25) is 0 Å². The SMILES string of the molecule is c1ccc(-n2c3ccccc3c3cc4oc5cccc6ccc(c4c65)c32)cc1. The van der Waals surface area contributed by atoms with Gasteiger partial charge in [0.2, 0.25) is 0 Å². The number of furan rings is 1. The fourth-order valence-electron chi connectivity index (χ4n) is 4.81. The summed E-state index contributed by atoms with van der Waals surface area (Å²) in [6.07, 6.45) is 0. The van der Waals surface area contributed by atoms with Gasteiger partial charge >= 0.3 is 0 Å². The van der Waals surface area contributed by atoms with Gasteiger partial charge in [0.25, 0.3) is 0 Å². The minimum absolute atomic E-state index is 0.960. The normalized spacial score (nSPS) is 12.3. The number of para-hydroxylation sites is 2. The van der Waals surface area contributed by atoms with Gasteiger partial charge in [-0.05, 0) is 35.7 Å². The molecule has 0 atom stereocenters. The fourth-order valence-corrected chi connectivity index (χ4v) is 4.81. The molecule has 0 unspecified atom stereocenters. The van der Waals surface area contributed by atoms with E-state index in [-0.39, 0.29) is 0 Å². The molecule has 2 heteroatoms. The lowest BCUT2D eigenvalue weighted by molar-refractivity contribution is 0.670. The molecule has 2 heterocycles. The highest BCUT2D eigenvalue weighted by Gasteiger charge is 2.20. The molecule has 0 N–H and O–H groups in total. The molecule has 5 aromatic carbocycles. The molecule has 7 rings (SSSR count). The average Bonchev–Trinajstić information content (AvgIpc) is 3.29. The van der Waals surface area contributed by atoms with Crippen molar-refractivity contribution in [1.82, 2.24) is 4.57 Å². The zero-order chi connectivity index (χ0) is 18.2. The molecule has 28 heavy (non-hydrogen) atoms. The van der Waals surface area contributed by atoms with E-state index >= 15 is 0 Å². The third-order valence-corrected chi connectivity index (χ3v) is 5.93. The number of rotatable bonds is 1. The minimum Gasteiger partial charge on any atom is -0.456 e. The highest BCUT2D eigenvalue weighted by molar-refractivity contribution is 6.30. The van der Waals surface area contributed by atoms with Crippen LogP contribution in [0.1, 0.15) is 0 Å². The van der Waals surface area contributed by atoms with E-state index in [4.69, 9.17) is 4.42 Å². The van der Waals surface area contributed by atoms with Crippen LogP contribution < -0.4 is 0 Å². The Morgan fingerprint density at radius 2 is 1.43 bits per heavy atom. The molecule has 130 valence electrons. The van der Waals surface area contributed by atoms with E-state index in [0.717, 1.165) is 11.2 Å². The molecule has 0 aliphatic rings. The number of hydrogen-bond acceptors (Lipinski definition) is 1. The van der Waals surface area contributed by atoms with Crippen LogP contribution in [0.25, 0.3) is 60.2 Å². The fraction of sp³-hybridized carbons (Fsp3) is 0. The first-order valence-corrected chi connectivity index (χ1v) is 9.55. The second-order valence-electron chi connectivity index (χ2n) is 7.40. The van der Waals surface area contributed by atoms with Crippen molar-refractivity contribution in [2.75, 3.05) is 0 Å². The van der Waals surface area contributed by atoms with Gasteiger partial charge in [0, 0.05) is 32.6 Å². The van der Waals surface area contributed by atoms with Crippen LogP contribution >= 0.6 is 0 Å². The summed E-state index contributed by atoms with van der Waals surface area (Å²) >= 11 is 0. The van der Waals surface area contributed by atoms with Gasteiger partial charge < -0.3 is 8.98 Å². The first kappa shape index (κ1) is 14.3. The van der Waals surface area contributed by atoms with Crippen molar-refractivity contribution in [3.63, 3.8) is 0 Å². The van der Waals surface area contributed by atoms with Crippen molar-refractivity contribution < 1.29 is 4.42 Å². The van der Waals surface area contributed by atoms with E-state index < -0.39 is 0 Å². The molecule has 0 bridgehead atoms. The van der Waals surface area contributed by atoms with Crippen LogP contribution in [0, 0.1) is 0 Å². The van der Waals surface area contributed by atoms with Crippen molar-refractivity contribution >= 4 is 54.5 Å². The van der Waals surface area contributed by atoms with Gasteiger partial charge in [-0.3, -0.25) is 0 Å². The molecule has 0 spiro atoms. The lowest BCUT2D eigenvalue weighted by Gasteiger charge is -2.10. The molecule has 0 fully saturated rings. The molecular weight excluding hydrogens is 342 g/mol. The van der Waals surface area contributed by atoms with E-state index in [1.54, 1.807) is 0 Å². The molecule has 2 aromatic heterocycles. The Bertz CT molecular complexity index is 1650. The Hall–Kier alpha value is -3.78. The van der Waals surface area contributed by atoms with Crippen LogP contribution in [0.4, 0.5) is 0 Å². The number of benzene rings is 5. The van der Waals surface area contributed by atoms with Gasteiger partial charge in [-0.25, -0.2) is 0 Å². The van der Waals surface area contributed by atoms with Crippen molar-refractivity contribution in [3.8, 4) is 5.69 Å². The highest BCUT2D eigenvalue weighted by Crippen LogP contribution is 2.43. The van der Waals surface area contributed by atoms with Crippen molar-refractivity contribution in [1.29, 1.82) is 0 Å². The van der Waals surface area contributed by atoms with E-state index in [0.29, 0.717) is 0 Å². The van der Waals surface area contributed by atoms with Gasteiger partial charge in [-0.2, -0.15) is 0 Å². The number of nitrogens with zero attached hydrogens (tertiary/aromatic N) is 1. The van der Waals surface area contributed by atoms with Gasteiger partial charge in [-0.15, -0.1) is 0 Å². The number of hydrogen-bond donors (Lipinski definition) is 0. The third kappa shape index (κ3) is 1.64. The molecule has 0 saturated carbocycles. The second-order valence-corrected chi connectivity index (χ2v) is 7.40. The minimum atomic E-state index is 0.960. The summed E-state index contributed by atoms with van der Waals surface area (Å²) in [5.41, 5.74) is 5.56. The first-order chi connectivity index (χ1) is 13.9. The van der Waals surface area contributed by atoms with Crippen LogP contribution in [0.5, 0.6) is 0 Å². The van der Waals surface area contributed by atoms with Gasteiger partial charge in [-0.1, -0.05) is 60.7 Å². The summed E-state index contributed by atoms with van der Waals surface area (Å²) < 4.78 is 8.66. The van der Waals surface area contributed by atoms with E-state index in [1.165, 1.54) is 49.0 Å². The first-order valence-electron chi connectivity index (χ1n) is 9.55. The Balaban J connectivity index is 1.83. The Morgan fingerprint density at radius 1 is 0.571 bits per heavy atom. The lowest BCUT2D eigenvalue weighted by Crippen LogP contribution is -1.93. The third-order valence-electron chi connectivity index (χ3n) is 5.93. The zero-order valence-electron chi connectivity index (χ0n) is 15.0. The monoisotopic (exact) mass is 357 g/mol. The molecule has 0 aliphatic carbocycles. The number of aromatic nitrogens is 1. The van der Waals surface area contributed by atoms with Gasteiger partial charge in [0.15, 0.2) is 0 Å². The van der Waals surface area contributed by atoms with E-state index in [1.807, 2.05) is 0 Å². The quantitative estimate of drug-likeness (QED) is 0.282. The molecule has 0 aliphatic heterocycles. The summed E-state index contributed by atoms with van der Waals surface area (Å²) in [7, 11) is 0. The predicted molar refractivity (Wildman–Crippen MR) is 117 cm³/mol. The maximum Gasteiger partial charge on any atom is 0.136 e. The topological polar surface area (TPSA) is 18.1 Å². The maximum absolute atomic E-state index is 6.28. The van der Waals surface area contributed by atoms with Crippen LogP contribution in [0.3, 0.4) is 0 Å². The Morgan fingerprint density at radius 3 is 2.36 bits per heavy atom. The molecule has 0 radical (unpaired) electrons. The standard InChI is InChI=1S/C26H15NO/c1-2-8-17(9-3-1)27-21-11-5-4-10-18(21)20-15-23-25-19(26(20)27)14-13-16-7-6-12-22(28-23)24(16)25/h1-15H. The molecule has 2 nitrogen and oxygen atoms in total. The highest BCUT2D eigenvalue weighted by atomic mass is 16.3. The lowest BCUT2D eigenvalue weighted by atomic mass is 9.99. The summed E-state index contributed by atoms with van der Waals surface area (Å²) in [5.74, 6) is 0. The molecule has 7 aromatic rings. The molecule has 0 amide bonds. The van der Waals surface area contributed by atoms with Crippen LogP contribution in [-0.4, -0.2) is 4.57 Å². The van der Waals surface area contributed by atoms with Crippen molar-refractivity contribution in [3.05, 3.63) is 91.0 Å². The largest absolute Gasteiger partial charge is 0.456 e. The Kier molecular flexibility index (Phi) is 2.52. The van der Waals surface area contributed by atoms with Crippen molar-refractivity contribution in [2.45, 2.75) is 0 Å².